The lowest BCUT2D eigenvalue weighted by atomic mass is 9.89. The van der Waals surface area contributed by atoms with Gasteiger partial charge in [0.2, 0.25) is 0 Å². The SMILES string of the molecule is CO/N=C(\C(=O)NCCc1ccc(OC(C)C)c(OC)c1)c1ccc2c(c1)CCCC2.[HH]. The van der Waals surface area contributed by atoms with Gasteiger partial charge in [-0.15, -0.1) is 0 Å². The van der Waals surface area contributed by atoms with E-state index < -0.39 is 0 Å². The molecule has 0 unspecified atom stereocenters. The van der Waals surface area contributed by atoms with Gasteiger partial charge < -0.3 is 19.6 Å². The zero-order valence-corrected chi connectivity index (χ0v) is 18.9. The van der Waals surface area contributed by atoms with E-state index in [9.17, 15) is 4.79 Å². The van der Waals surface area contributed by atoms with Gasteiger partial charge in [-0.1, -0.05) is 23.4 Å². The van der Waals surface area contributed by atoms with Crippen molar-refractivity contribution in [1.29, 1.82) is 0 Å². The fourth-order valence-electron chi connectivity index (χ4n) is 3.82. The Morgan fingerprint density at radius 3 is 2.55 bits per heavy atom. The van der Waals surface area contributed by atoms with E-state index in [0.29, 0.717) is 30.2 Å². The number of aryl methyl sites for hydroxylation is 2. The summed E-state index contributed by atoms with van der Waals surface area (Å²) < 4.78 is 11.2. The van der Waals surface area contributed by atoms with Crippen LogP contribution in [0, 0.1) is 0 Å². The van der Waals surface area contributed by atoms with Gasteiger partial charge >= 0.3 is 0 Å². The lowest BCUT2D eigenvalue weighted by Gasteiger charge is -2.17. The minimum absolute atomic E-state index is 0. The van der Waals surface area contributed by atoms with Gasteiger partial charge in [-0.05, 0) is 80.8 Å². The summed E-state index contributed by atoms with van der Waals surface area (Å²) in [5.41, 5.74) is 4.81. The zero-order valence-electron chi connectivity index (χ0n) is 18.9. The van der Waals surface area contributed by atoms with Crippen molar-refractivity contribution in [3.63, 3.8) is 0 Å². The summed E-state index contributed by atoms with van der Waals surface area (Å²) in [5.74, 6) is 1.16. The quantitative estimate of drug-likeness (QED) is 0.479. The first-order chi connectivity index (χ1) is 15.0. The molecule has 3 rings (SSSR count). The summed E-state index contributed by atoms with van der Waals surface area (Å²) >= 11 is 0. The maximum absolute atomic E-state index is 12.8. The molecule has 1 aliphatic rings. The molecule has 6 heteroatoms. The van der Waals surface area contributed by atoms with E-state index in [1.165, 1.54) is 31.1 Å². The van der Waals surface area contributed by atoms with Crippen LogP contribution in [0.2, 0.25) is 0 Å². The molecule has 0 saturated carbocycles. The highest BCUT2D eigenvalue weighted by atomic mass is 16.6. The fraction of sp³-hybridized carbons (Fsp3) is 0.440. The Morgan fingerprint density at radius 1 is 1.06 bits per heavy atom. The largest absolute Gasteiger partial charge is 0.493 e. The second-order valence-corrected chi connectivity index (χ2v) is 7.97. The van der Waals surface area contributed by atoms with Crippen LogP contribution in [0.1, 0.15) is 50.4 Å². The van der Waals surface area contributed by atoms with Crippen LogP contribution >= 0.6 is 0 Å². The predicted molar refractivity (Wildman–Crippen MR) is 124 cm³/mol. The van der Waals surface area contributed by atoms with E-state index in [-0.39, 0.29) is 13.4 Å². The van der Waals surface area contributed by atoms with Crippen LogP contribution in [-0.2, 0) is 28.9 Å². The lowest BCUT2D eigenvalue weighted by Crippen LogP contribution is -2.33. The number of nitrogens with one attached hydrogen (secondary N) is 1. The average Bonchev–Trinajstić information content (AvgIpc) is 2.77. The molecule has 0 fully saturated rings. The number of fused-ring (bicyclic) bond motifs is 1. The van der Waals surface area contributed by atoms with E-state index in [1.807, 2.05) is 38.1 Å². The van der Waals surface area contributed by atoms with Crippen molar-refractivity contribution >= 4 is 11.6 Å². The summed E-state index contributed by atoms with van der Waals surface area (Å²) in [6.45, 7) is 4.43. The van der Waals surface area contributed by atoms with Gasteiger partial charge in [-0.2, -0.15) is 0 Å². The van der Waals surface area contributed by atoms with Gasteiger partial charge in [-0.25, -0.2) is 0 Å². The number of oxime groups is 1. The smallest absolute Gasteiger partial charge is 0.273 e. The predicted octanol–water partition coefficient (Wildman–Crippen LogP) is 4.32. The molecule has 1 amide bonds. The Hall–Kier alpha value is -3.02. The van der Waals surface area contributed by atoms with Gasteiger partial charge in [-0.3, -0.25) is 4.79 Å². The Labute approximate surface area is 186 Å². The molecule has 0 radical (unpaired) electrons. The van der Waals surface area contributed by atoms with Crippen molar-refractivity contribution in [2.75, 3.05) is 20.8 Å². The van der Waals surface area contributed by atoms with Crippen LogP contribution in [-0.4, -0.2) is 38.5 Å². The van der Waals surface area contributed by atoms with Crippen LogP contribution in [0.4, 0.5) is 0 Å². The maximum Gasteiger partial charge on any atom is 0.273 e. The molecular formula is C25H34N2O4. The molecule has 0 atom stereocenters. The fourth-order valence-corrected chi connectivity index (χ4v) is 3.82. The van der Waals surface area contributed by atoms with Gasteiger partial charge in [0.1, 0.15) is 7.11 Å². The number of methoxy groups -OCH3 is 1. The van der Waals surface area contributed by atoms with Gasteiger partial charge in [0, 0.05) is 13.5 Å². The van der Waals surface area contributed by atoms with Crippen molar-refractivity contribution in [1.82, 2.24) is 5.32 Å². The number of carbonyl (C=O) groups excluding carboxylic acids is 1. The first-order valence-electron chi connectivity index (χ1n) is 10.9. The van der Waals surface area contributed by atoms with Crippen molar-refractivity contribution in [3.8, 4) is 11.5 Å². The molecular weight excluding hydrogens is 392 g/mol. The van der Waals surface area contributed by atoms with E-state index in [4.69, 9.17) is 14.3 Å². The van der Waals surface area contributed by atoms with E-state index in [1.54, 1.807) is 7.11 Å². The first kappa shape index (κ1) is 22.7. The number of carbonyl (C=O) groups is 1. The Bertz CT molecular complexity index is 944. The molecule has 1 N–H and O–H groups in total. The molecule has 0 saturated heterocycles. The van der Waals surface area contributed by atoms with Crippen LogP contribution in [0.15, 0.2) is 41.6 Å². The molecule has 168 valence electrons. The summed E-state index contributed by atoms with van der Waals surface area (Å²) in [6.07, 6.45) is 5.28. The first-order valence-corrected chi connectivity index (χ1v) is 10.9. The molecule has 0 aliphatic heterocycles. The monoisotopic (exact) mass is 426 g/mol. The number of rotatable bonds is 9. The molecule has 2 aromatic carbocycles. The number of amides is 1. The molecule has 0 heterocycles. The lowest BCUT2D eigenvalue weighted by molar-refractivity contribution is -0.114. The molecule has 2 aromatic rings. The highest BCUT2D eigenvalue weighted by molar-refractivity contribution is 6.45. The number of benzene rings is 2. The Balaban J connectivity index is 0.00000363. The normalized spacial score (nSPS) is 13.5. The minimum atomic E-state index is -0.246. The van der Waals surface area contributed by atoms with Gasteiger partial charge in [0.25, 0.3) is 5.91 Å². The number of hydrogen-bond acceptors (Lipinski definition) is 5. The second kappa shape index (κ2) is 10.8. The van der Waals surface area contributed by atoms with Gasteiger partial charge in [0.15, 0.2) is 17.2 Å². The third kappa shape index (κ3) is 6.00. The Morgan fingerprint density at radius 2 is 1.84 bits per heavy atom. The van der Waals surface area contributed by atoms with E-state index in [0.717, 1.165) is 24.0 Å². The van der Waals surface area contributed by atoms with Crippen molar-refractivity contribution in [2.24, 2.45) is 5.16 Å². The van der Waals surface area contributed by atoms with Crippen molar-refractivity contribution < 1.29 is 20.5 Å². The van der Waals surface area contributed by atoms with E-state index in [2.05, 4.69) is 22.6 Å². The van der Waals surface area contributed by atoms with Crippen LogP contribution in [0.25, 0.3) is 0 Å². The summed E-state index contributed by atoms with van der Waals surface area (Å²) in [7, 11) is 3.08. The van der Waals surface area contributed by atoms with E-state index >= 15 is 0 Å². The minimum Gasteiger partial charge on any atom is -0.493 e. The molecule has 0 spiro atoms. The van der Waals surface area contributed by atoms with Gasteiger partial charge in [0.05, 0.1) is 13.2 Å². The molecule has 0 aromatic heterocycles. The van der Waals surface area contributed by atoms with Crippen molar-refractivity contribution in [2.45, 2.75) is 52.1 Å². The molecule has 0 bridgehead atoms. The Kier molecular flexibility index (Phi) is 7.93. The number of ether oxygens (including phenoxy) is 2. The molecule has 1 aliphatic carbocycles. The molecule has 31 heavy (non-hydrogen) atoms. The highest BCUT2D eigenvalue weighted by Gasteiger charge is 2.18. The maximum atomic E-state index is 12.8. The third-order valence-corrected chi connectivity index (χ3v) is 5.31. The number of nitrogens with zero attached hydrogens (tertiary/aromatic N) is 1. The van der Waals surface area contributed by atoms with Crippen LogP contribution < -0.4 is 14.8 Å². The average molecular weight is 427 g/mol. The highest BCUT2D eigenvalue weighted by Crippen LogP contribution is 2.29. The second-order valence-electron chi connectivity index (χ2n) is 7.97. The van der Waals surface area contributed by atoms with Crippen LogP contribution in [0.3, 0.4) is 0 Å². The topological polar surface area (TPSA) is 69.2 Å². The zero-order chi connectivity index (χ0) is 22.2. The summed E-state index contributed by atoms with van der Waals surface area (Å²) in [4.78, 5) is 17.8. The third-order valence-electron chi connectivity index (χ3n) is 5.31. The summed E-state index contributed by atoms with van der Waals surface area (Å²) in [5, 5.41) is 6.96. The molecule has 6 nitrogen and oxygen atoms in total. The van der Waals surface area contributed by atoms with Crippen molar-refractivity contribution in [3.05, 3.63) is 58.7 Å². The summed E-state index contributed by atoms with van der Waals surface area (Å²) in [6, 6.07) is 12.0. The number of hydrogen-bond donors (Lipinski definition) is 1. The standard InChI is InChI=1S/C25H32N2O4.H2/c1-17(2)31-22-12-9-18(15-23(22)29-3)13-14-26-25(28)24(27-30-4)21-11-10-19-7-5-6-8-20(19)16-21;/h9-12,15-17H,5-8,13-14H2,1-4H3,(H,26,28);1H/b27-24-;. The van der Waals surface area contributed by atoms with Crippen LogP contribution in [0.5, 0.6) is 11.5 Å².